The molecular formula is C15H16BrClN2O. The number of aromatic nitrogens is 1. The van der Waals surface area contributed by atoms with Crippen LogP contribution < -0.4 is 10.1 Å². The molecule has 0 unspecified atom stereocenters. The van der Waals surface area contributed by atoms with Gasteiger partial charge in [0, 0.05) is 29.3 Å². The van der Waals surface area contributed by atoms with E-state index in [2.05, 4.69) is 40.1 Å². The smallest absolute Gasteiger partial charge is 0.147 e. The van der Waals surface area contributed by atoms with Crippen molar-refractivity contribution in [2.24, 2.45) is 0 Å². The summed E-state index contributed by atoms with van der Waals surface area (Å²) >= 11 is 9.44. The Morgan fingerprint density at radius 3 is 2.70 bits per heavy atom. The zero-order valence-electron chi connectivity index (χ0n) is 11.4. The number of hydrogen-bond acceptors (Lipinski definition) is 3. The number of benzene rings is 1. The van der Waals surface area contributed by atoms with E-state index in [4.69, 9.17) is 16.3 Å². The van der Waals surface area contributed by atoms with Crippen molar-refractivity contribution in [1.29, 1.82) is 0 Å². The van der Waals surface area contributed by atoms with Crippen molar-refractivity contribution in [2.75, 3.05) is 0 Å². The average Bonchev–Trinajstić information content (AvgIpc) is 2.37. The molecule has 0 aliphatic heterocycles. The van der Waals surface area contributed by atoms with Crippen molar-refractivity contribution in [3.63, 3.8) is 0 Å². The van der Waals surface area contributed by atoms with E-state index >= 15 is 0 Å². The van der Waals surface area contributed by atoms with E-state index in [-0.39, 0.29) is 0 Å². The maximum Gasteiger partial charge on any atom is 0.147 e. The van der Waals surface area contributed by atoms with Gasteiger partial charge in [0.05, 0.1) is 11.2 Å². The molecule has 0 saturated heterocycles. The summed E-state index contributed by atoms with van der Waals surface area (Å²) in [4.78, 5) is 3.99. The minimum Gasteiger partial charge on any atom is -0.456 e. The van der Waals surface area contributed by atoms with E-state index in [1.54, 1.807) is 18.5 Å². The van der Waals surface area contributed by atoms with Crippen LogP contribution in [0.15, 0.2) is 41.1 Å². The van der Waals surface area contributed by atoms with Gasteiger partial charge in [0.25, 0.3) is 0 Å². The van der Waals surface area contributed by atoms with Crippen LogP contribution in [-0.4, -0.2) is 11.0 Å². The first-order valence-electron chi connectivity index (χ1n) is 6.35. The van der Waals surface area contributed by atoms with Gasteiger partial charge in [-0.1, -0.05) is 47.4 Å². The summed E-state index contributed by atoms with van der Waals surface area (Å²) in [5.41, 5.74) is 1.19. The molecule has 0 atom stereocenters. The summed E-state index contributed by atoms with van der Waals surface area (Å²) in [5, 5.41) is 3.94. The SMILES string of the molecule is CC(C)NCc1ccc(Oc2cncc(Cl)c2)cc1Br. The summed E-state index contributed by atoms with van der Waals surface area (Å²) in [7, 11) is 0. The molecule has 0 amide bonds. The highest BCUT2D eigenvalue weighted by molar-refractivity contribution is 9.10. The summed E-state index contributed by atoms with van der Waals surface area (Å²) in [6.07, 6.45) is 3.21. The van der Waals surface area contributed by atoms with E-state index in [0.717, 1.165) is 16.8 Å². The Morgan fingerprint density at radius 1 is 1.25 bits per heavy atom. The fraction of sp³-hybridized carbons (Fsp3) is 0.267. The van der Waals surface area contributed by atoms with Crippen LogP contribution in [-0.2, 0) is 6.54 Å². The van der Waals surface area contributed by atoms with Crippen LogP contribution in [0.1, 0.15) is 19.4 Å². The summed E-state index contributed by atoms with van der Waals surface area (Å²) < 4.78 is 6.74. The maximum absolute atomic E-state index is 5.88. The second kappa shape index (κ2) is 7.07. The van der Waals surface area contributed by atoms with Crippen molar-refractivity contribution in [2.45, 2.75) is 26.4 Å². The van der Waals surface area contributed by atoms with Crippen LogP contribution in [0.3, 0.4) is 0 Å². The highest BCUT2D eigenvalue weighted by Gasteiger charge is 2.05. The fourth-order valence-electron chi connectivity index (χ4n) is 1.63. The Kier molecular flexibility index (Phi) is 5.40. The third kappa shape index (κ3) is 4.47. The van der Waals surface area contributed by atoms with Gasteiger partial charge in [-0.3, -0.25) is 4.98 Å². The van der Waals surface area contributed by atoms with Gasteiger partial charge in [0.2, 0.25) is 0 Å². The lowest BCUT2D eigenvalue weighted by Crippen LogP contribution is -2.21. The molecule has 0 aliphatic carbocycles. The van der Waals surface area contributed by atoms with Crippen molar-refractivity contribution >= 4 is 27.5 Å². The molecule has 0 fully saturated rings. The topological polar surface area (TPSA) is 34.1 Å². The molecule has 0 bridgehead atoms. The Balaban J connectivity index is 2.09. The normalized spacial score (nSPS) is 10.8. The molecule has 0 aliphatic rings. The lowest BCUT2D eigenvalue weighted by atomic mass is 10.2. The molecule has 1 N–H and O–H groups in total. The van der Waals surface area contributed by atoms with Crippen molar-refractivity contribution in [3.05, 3.63) is 51.7 Å². The second-order valence-electron chi connectivity index (χ2n) is 4.73. The van der Waals surface area contributed by atoms with E-state index in [1.165, 1.54) is 5.56 Å². The summed E-state index contributed by atoms with van der Waals surface area (Å²) in [6, 6.07) is 8.10. The van der Waals surface area contributed by atoms with Crippen LogP contribution >= 0.6 is 27.5 Å². The third-order valence-corrected chi connectivity index (χ3v) is 3.59. The first-order valence-corrected chi connectivity index (χ1v) is 7.52. The molecule has 1 aromatic carbocycles. The predicted molar refractivity (Wildman–Crippen MR) is 85.4 cm³/mol. The first-order chi connectivity index (χ1) is 9.54. The molecule has 0 spiro atoms. The lowest BCUT2D eigenvalue weighted by Gasteiger charge is -2.11. The molecule has 3 nitrogen and oxygen atoms in total. The van der Waals surface area contributed by atoms with Crippen LogP contribution in [0.2, 0.25) is 5.02 Å². The zero-order valence-corrected chi connectivity index (χ0v) is 13.7. The molecule has 2 rings (SSSR count). The largest absolute Gasteiger partial charge is 0.456 e. The van der Waals surface area contributed by atoms with Crippen LogP contribution in [0.5, 0.6) is 11.5 Å². The summed E-state index contributed by atoms with van der Waals surface area (Å²) in [6.45, 7) is 5.06. The van der Waals surface area contributed by atoms with Gasteiger partial charge in [-0.25, -0.2) is 0 Å². The lowest BCUT2D eigenvalue weighted by molar-refractivity contribution is 0.479. The van der Waals surface area contributed by atoms with Crippen molar-refractivity contribution in [3.8, 4) is 11.5 Å². The van der Waals surface area contributed by atoms with Crippen LogP contribution in [0.25, 0.3) is 0 Å². The van der Waals surface area contributed by atoms with Gasteiger partial charge in [-0.05, 0) is 17.7 Å². The zero-order chi connectivity index (χ0) is 14.5. The molecule has 1 heterocycles. The molecular weight excluding hydrogens is 340 g/mol. The molecule has 0 radical (unpaired) electrons. The number of ether oxygens (including phenoxy) is 1. The minimum atomic E-state index is 0.454. The van der Waals surface area contributed by atoms with E-state index in [0.29, 0.717) is 16.8 Å². The van der Waals surface area contributed by atoms with Gasteiger partial charge in [0.15, 0.2) is 0 Å². The Bertz CT molecular complexity index is 590. The van der Waals surface area contributed by atoms with Gasteiger partial charge in [-0.15, -0.1) is 0 Å². The fourth-order valence-corrected chi connectivity index (χ4v) is 2.30. The van der Waals surface area contributed by atoms with Gasteiger partial charge >= 0.3 is 0 Å². The molecule has 5 heteroatoms. The van der Waals surface area contributed by atoms with Crippen LogP contribution in [0, 0.1) is 0 Å². The van der Waals surface area contributed by atoms with Crippen LogP contribution in [0.4, 0.5) is 0 Å². The number of halogens is 2. The number of nitrogens with one attached hydrogen (secondary N) is 1. The third-order valence-electron chi connectivity index (χ3n) is 2.64. The van der Waals surface area contributed by atoms with Crippen molar-refractivity contribution in [1.82, 2.24) is 10.3 Å². The monoisotopic (exact) mass is 354 g/mol. The van der Waals surface area contributed by atoms with E-state index in [9.17, 15) is 0 Å². The second-order valence-corrected chi connectivity index (χ2v) is 6.02. The molecule has 20 heavy (non-hydrogen) atoms. The van der Waals surface area contributed by atoms with Gasteiger partial charge in [-0.2, -0.15) is 0 Å². The highest BCUT2D eigenvalue weighted by atomic mass is 79.9. The molecule has 2 aromatic rings. The standard InChI is InChI=1S/C15H16BrClN2O/c1-10(2)19-7-11-3-4-13(6-15(11)16)20-14-5-12(17)8-18-9-14/h3-6,8-10,19H,7H2,1-2H3. The minimum absolute atomic E-state index is 0.454. The first kappa shape index (κ1) is 15.3. The molecule has 106 valence electrons. The van der Waals surface area contributed by atoms with Crippen molar-refractivity contribution < 1.29 is 4.74 Å². The molecule has 1 aromatic heterocycles. The maximum atomic E-state index is 5.88. The number of hydrogen-bond donors (Lipinski definition) is 1. The summed E-state index contributed by atoms with van der Waals surface area (Å²) in [5.74, 6) is 1.37. The Morgan fingerprint density at radius 2 is 2.05 bits per heavy atom. The average molecular weight is 356 g/mol. The van der Waals surface area contributed by atoms with E-state index < -0.39 is 0 Å². The Labute approximate surface area is 132 Å². The van der Waals surface area contributed by atoms with Gasteiger partial charge in [0.1, 0.15) is 11.5 Å². The number of pyridine rings is 1. The number of rotatable bonds is 5. The highest BCUT2D eigenvalue weighted by Crippen LogP contribution is 2.27. The Hall–Kier alpha value is -1.10. The quantitative estimate of drug-likeness (QED) is 0.837. The molecule has 0 saturated carbocycles. The van der Waals surface area contributed by atoms with Gasteiger partial charge < -0.3 is 10.1 Å². The van der Waals surface area contributed by atoms with E-state index in [1.807, 2.05) is 18.2 Å². The predicted octanol–water partition coefficient (Wildman–Crippen LogP) is 4.79. The number of nitrogens with zero attached hydrogens (tertiary/aromatic N) is 1.